The Bertz CT molecular complexity index is 1090. The van der Waals surface area contributed by atoms with Crippen LogP contribution in [0.3, 0.4) is 0 Å². The van der Waals surface area contributed by atoms with Gasteiger partial charge in [-0.2, -0.15) is 0 Å². The van der Waals surface area contributed by atoms with Gasteiger partial charge >= 0.3 is 5.97 Å². The van der Waals surface area contributed by atoms with Gasteiger partial charge in [0.05, 0.1) is 24.3 Å². The van der Waals surface area contributed by atoms with Crippen LogP contribution in [0.1, 0.15) is 38.3 Å². The fourth-order valence-corrected chi connectivity index (χ4v) is 4.34. The molecule has 1 amide bonds. The molecule has 0 aliphatic carbocycles. The molecule has 180 valence electrons. The molecule has 0 unspecified atom stereocenters. The highest BCUT2D eigenvalue weighted by Gasteiger charge is 2.36. The number of amidine groups is 1. The second kappa shape index (κ2) is 11.7. The molecule has 0 saturated carbocycles. The van der Waals surface area contributed by atoms with Crippen molar-refractivity contribution in [3.05, 3.63) is 58.5 Å². The maximum atomic E-state index is 13.3. The summed E-state index contributed by atoms with van der Waals surface area (Å²) >= 11 is 1.36. The third-order valence-corrected chi connectivity index (χ3v) is 6.25. The molecule has 0 bridgehead atoms. The van der Waals surface area contributed by atoms with Crippen LogP contribution in [-0.4, -0.2) is 48.3 Å². The van der Waals surface area contributed by atoms with E-state index in [2.05, 4.69) is 0 Å². The van der Waals surface area contributed by atoms with E-state index in [-0.39, 0.29) is 18.6 Å². The predicted octanol–water partition coefficient (Wildman–Crippen LogP) is 5.35. The van der Waals surface area contributed by atoms with Crippen molar-refractivity contribution in [2.75, 3.05) is 20.3 Å². The normalized spacial score (nSPS) is 16.7. The largest absolute Gasteiger partial charge is 0.493 e. The van der Waals surface area contributed by atoms with Gasteiger partial charge in [-0.1, -0.05) is 30.7 Å². The first-order valence-corrected chi connectivity index (χ1v) is 12.0. The lowest BCUT2D eigenvalue weighted by atomic mass is 10.1. The molecular formula is C26H30N2O5S. The van der Waals surface area contributed by atoms with E-state index in [0.717, 1.165) is 23.2 Å². The fourth-order valence-electron chi connectivity index (χ4n) is 3.25. The number of methoxy groups -OCH3 is 1. The van der Waals surface area contributed by atoms with Gasteiger partial charge in [0.1, 0.15) is 0 Å². The standard InChI is InChI=1S/C26H30N2O5S/c1-6-18(4)28-25(30)23(34-26(28)27-20-11-8-17(3)9-12-20)15-19-10-13-21(22(14-19)31-5)33-16-24(29)32-7-2/h8-15,18H,6-7,16H2,1-5H3/b23-15+,27-26?/t18-/m0/s1. The minimum Gasteiger partial charge on any atom is -0.493 e. The van der Waals surface area contributed by atoms with E-state index in [1.54, 1.807) is 24.0 Å². The monoisotopic (exact) mass is 482 g/mol. The van der Waals surface area contributed by atoms with Crippen molar-refractivity contribution in [2.45, 2.75) is 40.2 Å². The number of amides is 1. The number of ether oxygens (including phenoxy) is 3. The van der Waals surface area contributed by atoms with Crippen molar-refractivity contribution in [3.63, 3.8) is 0 Å². The molecule has 0 radical (unpaired) electrons. The molecule has 0 aromatic heterocycles. The lowest BCUT2D eigenvalue weighted by molar-refractivity contribution is -0.145. The number of benzene rings is 2. The van der Waals surface area contributed by atoms with E-state index < -0.39 is 5.97 Å². The highest BCUT2D eigenvalue weighted by molar-refractivity contribution is 8.18. The Morgan fingerprint density at radius 3 is 2.53 bits per heavy atom. The average molecular weight is 483 g/mol. The summed E-state index contributed by atoms with van der Waals surface area (Å²) in [5, 5.41) is 0.663. The first-order valence-electron chi connectivity index (χ1n) is 11.2. The summed E-state index contributed by atoms with van der Waals surface area (Å²) < 4.78 is 15.8. The van der Waals surface area contributed by atoms with Crippen molar-refractivity contribution in [1.82, 2.24) is 4.90 Å². The molecule has 8 heteroatoms. The van der Waals surface area contributed by atoms with Crippen molar-refractivity contribution in [1.29, 1.82) is 0 Å². The van der Waals surface area contributed by atoms with E-state index in [4.69, 9.17) is 19.2 Å². The number of thioether (sulfide) groups is 1. The van der Waals surface area contributed by atoms with Gasteiger partial charge in [-0.05, 0) is 74.9 Å². The first-order chi connectivity index (χ1) is 16.4. The van der Waals surface area contributed by atoms with Crippen LogP contribution in [0.4, 0.5) is 5.69 Å². The zero-order chi connectivity index (χ0) is 24.7. The third-order valence-electron chi connectivity index (χ3n) is 5.26. The van der Waals surface area contributed by atoms with Crippen LogP contribution in [0, 0.1) is 6.92 Å². The zero-order valence-corrected chi connectivity index (χ0v) is 21.0. The van der Waals surface area contributed by atoms with Crippen molar-refractivity contribution >= 4 is 40.6 Å². The summed E-state index contributed by atoms with van der Waals surface area (Å²) in [6, 6.07) is 13.2. The van der Waals surface area contributed by atoms with Gasteiger partial charge in [0, 0.05) is 6.04 Å². The summed E-state index contributed by atoms with van der Waals surface area (Å²) in [6.45, 7) is 7.92. The molecule has 7 nitrogen and oxygen atoms in total. The SMILES string of the molecule is CCOC(=O)COc1ccc(/C=C2/SC(=Nc3ccc(C)cc3)N([C@@H](C)CC)C2=O)cc1OC. The average Bonchev–Trinajstić information content (AvgIpc) is 3.13. The number of hydrogen-bond donors (Lipinski definition) is 0. The number of carbonyl (C=O) groups is 2. The highest BCUT2D eigenvalue weighted by atomic mass is 32.2. The fraction of sp³-hybridized carbons (Fsp3) is 0.346. The van der Waals surface area contributed by atoms with E-state index in [1.165, 1.54) is 18.9 Å². The van der Waals surface area contributed by atoms with Crippen molar-refractivity contribution in [2.24, 2.45) is 4.99 Å². The Labute approximate surface area is 204 Å². The van der Waals surface area contributed by atoms with E-state index in [1.807, 2.05) is 57.2 Å². The smallest absolute Gasteiger partial charge is 0.344 e. The van der Waals surface area contributed by atoms with Gasteiger partial charge in [0.25, 0.3) is 5.91 Å². The molecule has 1 atom stereocenters. The van der Waals surface area contributed by atoms with Gasteiger partial charge in [0.15, 0.2) is 23.3 Å². The molecule has 1 heterocycles. The molecule has 1 aliphatic rings. The van der Waals surface area contributed by atoms with Crippen LogP contribution in [0.5, 0.6) is 11.5 Å². The number of rotatable bonds is 9. The zero-order valence-electron chi connectivity index (χ0n) is 20.2. The number of aliphatic imine (C=N–C) groups is 1. The summed E-state index contributed by atoms with van der Waals surface area (Å²) in [5.41, 5.74) is 2.74. The first kappa shape index (κ1) is 25.4. The molecule has 3 rings (SSSR count). The molecule has 1 fully saturated rings. The Balaban J connectivity index is 1.87. The minimum atomic E-state index is -0.450. The molecule has 34 heavy (non-hydrogen) atoms. The summed E-state index contributed by atoms with van der Waals surface area (Å²) in [5.74, 6) is 0.355. The number of hydrogen-bond acceptors (Lipinski definition) is 7. The van der Waals surface area contributed by atoms with Gasteiger partial charge in [-0.25, -0.2) is 9.79 Å². The summed E-state index contributed by atoms with van der Waals surface area (Å²) in [6.07, 6.45) is 2.63. The van der Waals surface area contributed by atoms with Crippen molar-refractivity contribution < 1.29 is 23.8 Å². The van der Waals surface area contributed by atoms with Crippen LogP contribution in [0.2, 0.25) is 0 Å². The molecule has 0 spiro atoms. The molecular weight excluding hydrogens is 452 g/mol. The van der Waals surface area contributed by atoms with Gasteiger partial charge in [-0.3, -0.25) is 9.69 Å². The van der Waals surface area contributed by atoms with Gasteiger partial charge in [0.2, 0.25) is 0 Å². The van der Waals surface area contributed by atoms with Crippen LogP contribution >= 0.6 is 11.8 Å². The quantitative estimate of drug-likeness (QED) is 0.354. The molecule has 0 N–H and O–H groups in total. The Hall–Kier alpha value is -3.26. The van der Waals surface area contributed by atoms with Gasteiger partial charge < -0.3 is 14.2 Å². The minimum absolute atomic E-state index is 0.0169. The van der Waals surface area contributed by atoms with E-state index in [9.17, 15) is 9.59 Å². The molecule has 1 saturated heterocycles. The lowest BCUT2D eigenvalue weighted by Crippen LogP contribution is -2.36. The van der Waals surface area contributed by atoms with Gasteiger partial charge in [-0.15, -0.1) is 0 Å². The van der Waals surface area contributed by atoms with Crippen LogP contribution < -0.4 is 9.47 Å². The third kappa shape index (κ3) is 6.20. The molecule has 2 aromatic carbocycles. The topological polar surface area (TPSA) is 77.4 Å². The summed E-state index contributed by atoms with van der Waals surface area (Å²) in [7, 11) is 1.52. The number of carbonyl (C=O) groups excluding carboxylic acids is 2. The van der Waals surface area contributed by atoms with E-state index >= 15 is 0 Å². The van der Waals surface area contributed by atoms with Crippen LogP contribution in [0.15, 0.2) is 52.4 Å². The van der Waals surface area contributed by atoms with Crippen LogP contribution in [-0.2, 0) is 14.3 Å². The lowest BCUT2D eigenvalue weighted by Gasteiger charge is -2.22. The van der Waals surface area contributed by atoms with Crippen molar-refractivity contribution in [3.8, 4) is 11.5 Å². The number of nitrogens with zero attached hydrogens (tertiary/aromatic N) is 2. The second-order valence-electron chi connectivity index (χ2n) is 7.78. The van der Waals surface area contributed by atoms with Crippen LogP contribution in [0.25, 0.3) is 6.08 Å². The maximum absolute atomic E-state index is 13.3. The number of aryl methyl sites for hydroxylation is 1. The predicted molar refractivity (Wildman–Crippen MR) is 136 cm³/mol. The highest BCUT2D eigenvalue weighted by Crippen LogP contribution is 2.37. The van der Waals surface area contributed by atoms with E-state index in [0.29, 0.717) is 28.2 Å². The Morgan fingerprint density at radius 2 is 1.88 bits per heavy atom. The Kier molecular flexibility index (Phi) is 8.76. The second-order valence-corrected chi connectivity index (χ2v) is 8.79. The Morgan fingerprint density at radius 1 is 1.15 bits per heavy atom. The molecule has 2 aromatic rings. The molecule has 1 aliphatic heterocycles. The summed E-state index contributed by atoms with van der Waals surface area (Å²) in [4.78, 5) is 31.9. The number of esters is 1. The maximum Gasteiger partial charge on any atom is 0.344 e.